The fourth-order valence-corrected chi connectivity index (χ4v) is 3.81. The Morgan fingerprint density at radius 2 is 2.24 bits per heavy atom. The molecule has 0 bridgehead atoms. The molecule has 0 radical (unpaired) electrons. The quantitative estimate of drug-likeness (QED) is 0.668. The summed E-state index contributed by atoms with van der Waals surface area (Å²) in [5.74, 6) is 0.919. The maximum Gasteiger partial charge on any atom is 0.233 e. The Morgan fingerprint density at radius 1 is 1.34 bits per heavy atom. The number of rotatable bonds is 6. The highest BCUT2D eigenvalue weighted by atomic mass is 19.1. The molecule has 0 aliphatic carbocycles. The molecule has 7 nitrogen and oxygen atoms in total. The molecule has 3 heterocycles. The molecule has 1 aliphatic heterocycles. The molecule has 3 aromatic rings. The average molecular weight is 397 g/mol. The number of hydrogen-bond acceptors (Lipinski definition) is 5. The highest BCUT2D eigenvalue weighted by Crippen LogP contribution is 2.23. The lowest BCUT2D eigenvalue weighted by atomic mass is 9.97. The molecule has 29 heavy (non-hydrogen) atoms. The van der Waals surface area contributed by atoms with E-state index in [1.807, 2.05) is 12.3 Å². The molecule has 0 unspecified atom stereocenters. The van der Waals surface area contributed by atoms with Crippen molar-refractivity contribution in [3.05, 3.63) is 47.9 Å². The van der Waals surface area contributed by atoms with Gasteiger partial charge in [0, 0.05) is 42.8 Å². The first-order chi connectivity index (χ1) is 14.1. The van der Waals surface area contributed by atoms with E-state index in [1.165, 1.54) is 12.1 Å². The van der Waals surface area contributed by atoms with Gasteiger partial charge in [0.2, 0.25) is 11.8 Å². The highest BCUT2D eigenvalue weighted by Gasteiger charge is 2.26. The van der Waals surface area contributed by atoms with Crippen LogP contribution in [0.3, 0.4) is 0 Å². The SMILES string of the molecule is COc1ccc(N2CCC[C@@H](C(=O)NCCc3c[nH]c4ccc(F)cc34)C2)nn1. The van der Waals surface area contributed by atoms with Crippen molar-refractivity contribution in [2.75, 3.05) is 31.6 Å². The third-order valence-electron chi connectivity index (χ3n) is 5.37. The van der Waals surface area contributed by atoms with Crippen LogP contribution in [-0.4, -0.2) is 47.8 Å². The van der Waals surface area contributed by atoms with E-state index >= 15 is 0 Å². The first-order valence-corrected chi connectivity index (χ1v) is 9.80. The molecule has 1 aromatic carbocycles. The van der Waals surface area contributed by atoms with Crippen molar-refractivity contribution >= 4 is 22.6 Å². The number of aromatic nitrogens is 3. The topological polar surface area (TPSA) is 83.1 Å². The van der Waals surface area contributed by atoms with Gasteiger partial charge in [-0.2, -0.15) is 0 Å². The monoisotopic (exact) mass is 397 g/mol. The first kappa shape index (κ1) is 19.2. The van der Waals surface area contributed by atoms with Gasteiger partial charge in [-0.3, -0.25) is 4.79 Å². The van der Waals surface area contributed by atoms with Crippen molar-refractivity contribution in [2.45, 2.75) is 19.3 Å². The van der Waals surface area contributed by atoms with Crippen LogP contribution in [0.4, 0.5) is 10.2 Å². The first-order valence-electron chi connectivity index (χ1n) is 9.80. The van der Waals surface area contributed by atoms with Gasteiger partial charge in [-0.15, -0.1) is 10.2 Å². The van der Waals surface area contributed by atoms with E-state index in [9.17, 15) is 9.18 Å². The summed E-state index contributed by atoms with van der Waals surface area (Å²) in [4.78, 5) is 17.9. The molecule has 1 saturated heterocycles. The Morgan fingerprint density at radius 3 is 3.03 bits per heavy atom. The van der Waals surface area contributed by atoms with Crippen molar-refractivity contribution in [1.29, 1.82) is 0 Å². The largest absolute Gasteiger partial charge is 0.480 e. The Balaban J connectivity index is 1.32. The maximum atomic E-state index is 13.5. The number of halogens is 1. The Kier molecular flexibility index (Phi) is 5.59. The number of benzene rings is 1. The van der Waals surface area contributed by atoms with E-state index in [1.54, 1.807) is 19.2 Å². The number of carbonyl (C=O) groups is 1. The summed E-state index contributed by atoms with van der Waals surface area (Å²) in [7, 11) is 1.55. The van der Waals surface area contributed by atoms with Crippen LogP contribution in [0.2, 0.25) is 0 Å². The Bertz CT molecular complexity index is 988. The third-order valence-corrected chi connectivity index (χ3v) is 5.37. The van der Waals surface area contributed by atoms with Crippen LogP contribution in [0.1, 0.15) is 18.4 Å². The number of nitrogens with zero attached hydrogens (tertiary/aromatic N) is 3. The zero-order valence-corrected chi connectivity index (χ0v) is 16.3. The minimum absolute atomic E-state index is 0.0437. The van der Waals surface area contributed by atoms with Crippen LogP contribution < -0.4 is 15.0 Å². The summed E-state index contributed by atoms with van der Waals surface area (Å²) < 4.78 is 18.5. The van der Waals surface area contributed by atoms with E-state index in [2.05, 4.69) is 25.4 Å². The van der Waals surface area contributed by atoms with Gasteiger partial charge in [0.1, 0.15) is 5.82 Å². The minimum atomic E-state index is -0.258. The lowest BCUT2D eigenvalue weighted by molar-refractivity contribution is -0.125. The zero-order chi connectivity index (χ0) is 20.2. The van der Waals surface area contributed by atoms with Gasteiger partial charge in [0.05, 0.1) is 13.0 Å². The Hall–Kier alpha value is -3.16. The number of anilines is 1. The predicted molar refractivity (Wildman–Crippen MR) is 108 cm³/mol. The number of aromatic amines is 1. The summed E-state index contributed by atoms with van der Waals surface area (Å²) >= 11 is 0. The van der Waals surface area contributed by atoms with E-state index in [-0.39, 0.29) is 17.6 Å². The van der Waals surface area contributed by atoms with Crippen LogP contribution in [0.25, 0.3) is 10.9 Å². The molecule has 1 fully saturated rings. The molecule has 8 heteroatoms. The lowest BCUT2D eigenvalue weighted by Gasteiger charge is -2.32. The van der Waals surface area contributed by atoms with E-state index in [0.29, 0.717) is 25.4 Å². The molecule has 1 amide bonds. The van der Waals surface area contributed by atoms with Crippen LogP contribution in [0.5, 0.6) is 5.88 Å². The summed E-state index contributed by atoms with van der Waals surface area (Å²) in [5, 5.41) is 12.1. The van der Waals surface area contributed by atoms with Gasteiger partial charge < -0.3 is 19.9 Å². The van der Waals surface area contributed by atoms with Crippen LogP contribution in [0.15, 0.2) is 36.5 Å². The number of amides is 1. The molecule has 1 atom stereocenters. The summed E-state index contributed by atoms with van der Waals surface area (Å²) in [5.41, 5.74) is 1.90. The zero-order valence-electron chi connectivity index (χ0n) is 16.3. The molecule has 0 saturated carbocycles. The van der Waals surface area contributed by atoms with Gasteiger partial charge >= 0.3 is 0 Å². The van der Waals surface area contributed by atoms with Crippen molar-refractivity contribution in [3.8, 4) is 5.88 Å². The van der Waals surface area contributed by atoms with Crippen molar-refractivity contribution < 1.29 is 13.9 Å². The molecule has 2 N–H and O–H groups in total. The molecule has 4 rings (SSSR count). The highest BCUT2D eigenvalue weighted by molar-refractivity contribution is 5.83. The molecule has 1 aliphatic rings. The number of nitrogens with one attached hydrogen (secondary N) is 2. The number of hydrogen-bond donors (Lipinski definition) is 2. The molecule has 0 spiro atoms. The van der Waals surface area contributed by atoms with Gasteiger partial charge in [-0.05, 0) is 49.1 Å². The number of H-pyrrole nitrogens is 1. The Labute approximate surface area is 168 Å². The normalized spacial score (nSPS) is 16.8. The fourth-order valence-electron chi connectivity index (χ4n) is 3.81. The van der Waals surface area contributed by atoms with Crippen molar-refractivity contribution in [2.24, 2.45) is 5.92 Å². The minimum Gasteiger partial charge on any atom is -0.480 e. The van der Waals surface area contributed by atoms with Crippen molar-refractivity contribution in [3.63, 3.8) is 0 Å². The third kappa shape index (κ3) is 4.31. The van der Waals surface area contributed by atoms with Gasteiger partial charge in [-0.1, -0.05) is 0 Å². The second-order valence-corrected chi connectivity index (χ2v) is 7.26. The van der Waals surface area contributed by atoms with E-state index in [0.717, 1.165) is 41.7 Å². The fraction of sp³-hybridized carbons (Fsp3) is 0.381. The number of piperidine rings is 1. The van der Waals surface area contributed by atoms with Gasteiger partial charge in [0.25, 0.3) is 0 Å². The number of carbonyl (C=O) groups excluding carboxylic acids is 1. The summed E-state index contributed by atoms with van der Waals surface area (Å²) in [6.45, 7) is 1.98. The number of ether oxygens (including phenoxy) is 1. The predicted octanol–water partition coefficient (Wildman–Crippen LogP) is 2.68. The average Bonchev–Trinajstić information content (AvgIpc) is 3.16. The van der Waals surface area contributed by atoms with Crippen LogP contribution in [0, 0.1) is 11.7 Å². The number of methoxy groups -OCH3 is 1. The van der Waals surface area contributed by atoms with Crippen molar-refractivity contribution in [1.82, 2.24) is 20.5 Å². The summed E-state index contributed by atoms with van der Waals surface area (Å²) in [6, 6.07) is 8.33. The standard InChI is InChI=1S/C21H24FN5O2/c1-29-20-7-6-19(25-26-20)27-10-2-3-15(13-27)21(28)23-9-8-14-12-24-18-5-4-16(22)11-17(14)18/h4-7,11-12,15,24H,2-3,8-10,13H2,1H3,(H,23,28)/t15-/m1/s1. The molecule has 2 aromatic heterocycles. The van der Waals surface area contributed by atoms with Gasteiger partial charge in [-0.25, -0.2) is 4.39 Å². The second kappa shape index (κ2) is 8.46. The van der Waals surface area contributed by atoms with E-state index in [4.69, 9.17) is 4.74 Å². The lowest BCUT2D eigenvalue weighted by Crippen LogP contribution is -2.43. The smallest absolute Gasteiger partial charge is 0.233 e. The second-order valence-electron chi connectivity index (χ2n) is 7.26. The molecule has 152 valence electrons. The molecular weight excluding hydrogens is 373 g/mol. The van der Waals surface area contributed by atoms with Crippen LogP contribution >= 0.6 is 0 Å². The van der Waals surface area contributed by atoms with E-state index < -0.39 is 0 Å². The van der Waals surface area contributed by atoms with Crippen LogP contribution in [-0.2, 0) is 11.2 Å². The van der Waals surface area contributed by atoms with Gasteiger partial charge in [0.15, 0.2) is 5.82 Å². The molecular formula is C21H24FN5O2. The number of fused-ring (bicyclic) bond motifs is 1. The summed E-state index contributed by atoms with van der Waals surface area (Å²) in [6.07, 6.45) is 4.30. The maximum absolute atomic E-state index is 13.5.